The molecule has 2 aromatic carbocycles. The van der Waals surface area contributed by atoms with Gasteiger partial charge in [0.2, 0.25) is 0 Å². The maximum atomic E-state index is 13.9. The van der Waals surface area contributed by atoms with E-state index in [-0.39, 0.29) is 10.5 Å². The number of ether oxygens (including phenoxy) is 1. The van der Waals surface area contributed by atoms with E-state index in [0.717, 1.165) is 0 Å². The van der Waals surface area contributed by atoms with E-state index in [1.807, 2.05) is 22.6 Å². The lowest BCUT2D eigenvalue weighted by Crippen LogP contribution is -2.14. The first-order valence-electron chi connectivity index (χ1n) is 8.24. The van der Waals surface area contributed by atoms with E-state index in [0.29, 0.717) is 26.0 Å². The molecule has 4 aromatic rings. The van der Waals surface area contributed by atoms with E-state index in [1.165, 1.54) is 41.5 Å². The van der Waals surface area contributed by atoms with E-state index in [4.69, 9.17) is 4.74 Å². The zero-order valence-corrected chi connectivity index (χ0v) is 17.6. The van der Waals surface area contributed by atoms with Gasteiger partial charge in [0.1, 0.15) is 11.6 Å². The molecular weight excluding hydrogens is 494 g/mol. The minimum absolute atomic E-state index is 0.168. The average molecular weight is 508 g/mol. The number of pyridine rings is 1. The molecule has 142 valence electrons. The van der Waals surface area contributed by atoms with Crippen molar-refractivity contribution in [2.24, 2.45) is 0 Å². The molecule has 28 heavy (non-hydrogen) atoms. The molecule has 0 spiro atoms. The second kappa shape index (κ2) is 7.17. The molecule has 0 bridgehead atoms. The first-order valence-corrected chi connectivity index (χ1v) is 10.8. The summed E-state index contributed by atoms with van der Waals surface area (Å²) in [5.41, 5.74) is 1.44. The fourth-order valence-electron chi connectivity index (χ4n) is 3.10. The molecule has 0 amide bonds. The number of hydrogen-bond donors (Lipinski definition) is 0. The second-order valence-electron chi connectivity index (χ2n) is 5.99. The summed E-state index contributed by atoms with van der Waals surface area (Å²) in [6.45, 7) is 0. The first kappa shape index (κ1) is 18.9. The lowest BCUT2D eigenvalue weighted by Gasteiger charge is -2.11. The maximum Gasteiger partial charge on any atom is 0.270 e. The summed E-state index contributed by atoms with van der Waals surface area (Å²) in [4.78, 5) is 4.47. The molecule has 0 unspecified atom stereocenters. The van der Waals surface area contributed by atoms with Crippen molar-refractivity contribution in [2.45, 2.75) is 4.90 Å². The molecule has 0 aliphatic heterocycles. The van der Waals surface area contributed by atoms with Crippen molar-refractivity contribution >= 4 is 43.6 Å². The summed E-state index contributed by atoms with van der Waals surface area (Å²) in [7, 11) is -2.33. The van der Waals surface area contributed by atoms with Gasteiger partial charge in [-0.05, 0) is 70.6 Å². The Bertz CT molecular complexity index is 1290. The molecule has 4 rings (SSSR count). The van der Waals surface area contributed by atoms with E-state index in [9.17, 15) is 12.8 Å². The van der Waals surface area contributed by atoms with Crippen molar-refractivity contribution in [2.75, 3.05) is 7.11 Å². The van der Waals surface area contributed by atoms with Crippen LogP contribution in [0.25, 0.3) is 22.2 Å². The first-order chi connectivity index (χ1) is 13.4. The number of rotatable bonds is 4. The predicted octanol–water partition coefficient (Wildman–Crippen LogP) is 4.69. The fourth-order valence-corrected chi connectivity index (χ4v) is 5.78. The van der Waals surface area contributed by atoms with Crippen LogP contribution >= 0.6 is 22.6 Å². The summed E-state index contributed by atoms with van der Waals surface area (Å²) < 4.78 is 47.3. The monoisotopic (exact) mass is 508 g/mol. The quantitative estimate of drug-likeness (QED) is 0.376. The molecule has 0 fully saturated rings. The van der Waals surface area contributed by atoms with Crippen LogP contribution in [0.5, 0.6) is 5.75 Å². The number of methoxy groups -OCH3 is 1. The second-order valence-corrected chi connectivity index (χ2v) is 8.88. The van der Waals surface area contributed by atoms with Crippen molar-refractivity contribution in [3.05, 3.63) is 76.4 Å². The van der Waals surface area contributed by atoms with Gasteiger partial charge in [-0.2, -0.15) is 0 Å². The Hall–Kier alpha value is -2.46. The van der Waals surface area contributed by atoms with Crippen molar-refractivity contribution in [3.63, 3.8) is 0 Å². The molecule has 5 nitrogen and oxygen atoms in total. The maximum absolute atomic E-state index is 13.9. The van der Waals surface area contributed by atoms with Crippen molar-refractivity contribution in [3.8, 4) is 16.9 Å². The van der Waals surface area contributed by atoms with E-state index in [1.54, 1.807) is 36.4 Å². The summed E-state index contributed by atoms with van der Waals surface area (Å²) in [5, 5.41) is 0.593. The van der Waals surface area contributed by atoms with Crippen molar-refractivity contribution < 1.29 is 17.5 Å². The largest absolute Gasteiger partial charge is 0.496 e. The highest BCUT2D eigenvalue weighted by Gasteiger charge is 2.24. The Labute approximate surface area is 175 Å². The molecule has 2 heterocycles. The number of aromatic nitrogens is 2. The van der Waals surface area contributed by atoms with Gasteiger partial charge in [0, 0.05) is 17.1 Å². The Morgan fingerprint density at radius 3 is 2.50 bits per heavy atom. The van der Waals surface area contributed by atoms with Gasteiger partial charge in [-0.25, -0.2) is 21.8 Å². The highest BCUT2D eigenvalue weighted by atomic mass is 127. The van der Waals surface area contributed by atoms with Gasteiger partial charge < -0.3 is 4.74 Å². The van der Waals surface area contributed by atoms with Gasteiger partial charge in [-0.3, -0.25) is 0 Å². The van der Waals surface area contributed by atoms with Gasteiger partial charge in [-0.15, -0.1) is 0 Å². The van der Waals surface area contributed by atoms with Crippen LogP contribution in [0.1, 0.15) is 0 Å². The molecule has 0 aliphatic carbocycles. The molecule has 8 heteroatoms. The Morgan fingerprint density at radius 2 is 1.79 bits per heavy atom. The van der Waals surface area contributed by atoms with Crippen LogP contribution in [-0.2, 0) is 10.0 Å². The van der Waals surface area contributed by atoms with E-state index >= 15 is 0 Å². The van der Waals surface area contributed by atoms with Gasteiger partial charge in [0.15, 0.2) is 5.65 Å². The van der Waals surface area contributed by atoms with E-state index < -0.39 is 15.8 Å². The van der Waals surface area contributed by atoms with Gasteiger partial charge in [-0.1, -0.05) is 18.2 Å². The lowest BCUT2D eigenvalue weighted by molar-refractivity contribution is 0.415. The Morgan fingerprint density at radius 1 is 1.04 bits per heavy atom. The standard InChI is InChI=1S/C20H14FIN2O3S/c1-27-18-8-7-13(21)11-16(18)15-9-10-23-20-17(15)12-19(22)24(20)28(25,26)14-5-3-2-4-6-14/h2-12H,1H3. The summed E-state index contributed by atoms with van der Waals surface area (Å²) >= 11 is 1.96. The van der Waals surface area contributed by atoms with E-state index in [2.05, 4.69) is 4.98 Å². The smallest absolute Gasteiger partial charge is 0.270 e. The number of nitrogens with zero attached hydrogens (tertiary/aromatic N) is 2. The zero-order valence-electron chi connectivity index (χ0n) is 14.6. The average Bonchev–Trinajstić information content (AvgIpc) is 3.05. The van der Waals surface area contributed by atoms with Crippen LogP contribution in [0.2, 0.25) is 0 Å². The topological polar surface area (TPSA) is 61.2 Å². The molecular formula is C20H14FIN2O3S. The predicted molar refractivity (Wildman–Crippen MR) is 113 cm³/mol. The van der Waals surface area contributed by atoms with Crippen LogP contribution in [-0.4, -0.2) is 24.5 Å². The highest BCUT2D eigenvalue weighted by molar-refractivity contribution is 14.1. The van der Waals surface area contributed by atoms with Crippen LogP contribution in [0.3, 0.4) is 0 Å². The van der Waals surface area contributed by atoms with Crippen LogP contribution < -0.4 is 4.74 Å². The molecule has 0 N–H and O–H groups in total. The van der Waals surface area contributed by atoms with Gasteiger partial charge in [0.25, 0.3) is 10.0 Å². The molecule has 2 aromatic heterocycles. The fraction of sp³-hybridized carbons (Fsp3) is 0.0500. The molecule has 0 atom stereocenters. The molecule has 0 saturated carbocycles. The van der Waals surface area contributed by atoms with Crippen LogP contribution in [0.15, 0.2) is 71.8 Å². The highest BCUT2D eigenvalue weighted by Crippen LogP contribution is 2.37. The normalized spacial score (nSPS) is 11.7. The zero-order chi connectivity index (χ0) is 19.9. The number of hydrogen-bond acceptors (Lipinski definition) is 4. The lowest BCUT2D eigenvalue weighted by atomic mass is 10.0. The van der Waals surface area contributed by atoms with Crippen molar-refractivity contribution in [1.82, 2.24) is 8.96 Å². The number of benzene rings is 2. The van der Waals surface area contributed by atoms with Crippen LogP contribution in [0.4, 0.5) is 4.39 Å². The molecule has 0 aliphatic rings. The summed E-state index contributed by atoms with van der Waals surface area (Å²) in [6.07, 6.45) is 1.51. The van der Waals surface area contributed by atoms with Gasteiger partial charge >= 0.3 is 0 Å². The summed E-state index contributed by atoms with van der Waals surface area (Å²) in [5.74, 6) is 0.0781. The number of halogens is 2. The minimum Gasteiger partial charge on any atom is -0.496 e. The minimum atomic E-state index is -3.83. The Kier molecular flexibility index (Phi) is 4.84. The SMILES string of the molecule is COc1ccc(F)cc1-c1ccnc2c1cc(I)n2S(=O)(=O)c1ccccc1. The summed E-state index contributed by atoms with van der Waals surface area (Å²) in [6, 6.07) is 15.8. The third-order valence-corrected chi connectivity index (χ3v) is 7.19. The van der Waals surface area contributed by atoms with Crippen molar-refractivity contribution in [1.29, 1.82) is 0 Å². The molecule has 0 radical (unpaired) electrons. The molecule has 0 saturated heterocycles. The van der Waals surface area contributed by atoms with Gasteiger partial charge in [0.05, 0.1) is 15.7 Å². The van der Waals surface area contributed by atoms with Crippen LogP contribution in [0, 0.1) is 9.52 Å². The number of fused-ring (bicyclic) bond motifs is 1. The Balaban J connectivity index is 2.01. The third kappa shape index (κ3) is 3.06. The third-order valence-electron chi connectivity index (χ3n) is 4.35.